The third-order valence-corrected chi connectivity index (χ3v) is 3.06. The monoisotopic (exact) mass is 343 g/mol. The van der Waals surface area contributed by atoms with Crippen LogP contribution in [0.2, 0.25) is 0 Å². The Balaban J connectivity index is 1.91. The Labute approximate surface area is 144 Å². The van der Waals surface area contributed by atoms with Gasteiger partial charge in [0.15, 0.2) is 0 Å². The summed E-state index contributed by atoms with van der Waals surface area (Å²) < 4.78 is 18.4. The molecule has 0 heterocycles. The van der Waals surface area contributed by atoms with E-state index in [1.54, 1.807) is 12.1 Å². The van der Waals surface area contributed by atoms with Gasteiger partial charge in [-0.15, -0.1) is 0 Å². The molecule has 0 aliphatic rings. The first-order valence-electron chi connectivity index (χ1n) is 7.72. The van der Waals surface area contributed by atoms with Crippen LogP contribution >= 0.6 is 0 Å². The topological polar surface area (TPSA) is 79.8 Å². The van der Waals surface area contributed by atoms with E-state index in [0.717, 1.165) is 6.42 Å². The number of hydrazone groups is 1. The van der Waals surface area contributed by atoms with Crippen molar-refractivity contribution in [3.8, 4) is 5.75 Å². The number of carbonyl (C=O) groups excluding carboxylic acids is 2. The van der Waals surface area contributed by atoms with E-state index in [1.165, 1.54) is 30.5 Å². The van der Waals surface area contributed by atoms with Crippen LogP contribution in [0.25, 0.3) is 0 Å². The van der Waals surface area contributed by atoms with Crippen LogP contribution in [0.1, 0.15) is 18.9 Å². The molecule has 0 radical (unpaired) electrons. The number of rotatable bonds is 6. The molecule has 0 atom stereocenters. The molecular weight excluding hydrogens is 325 g/mol. The second kappa shape index (κ2) is 9.17. The highest BCUT2D eigenvalue weighted by molar-refractivity contribution is 6.39. The molecule has 6 nitrogen and oxygen atoms in total. The molecule has 2 N–H and O–H groups in total. The van der Waals surface area contributed by atoms with E-state index in [9.17, 15) is 14.0 Å². The van der Waals surface area contributed by atoms with Crippen LogP contribution in [0.4, 0.5) is 10.1 Å². The summed E-state index contributed by atoms with van der Waals surface area (Å²) in [6.07, 6.45) is 2.26. The normalized spacial score (nSPS) is 10.5. The van der Waals surface area contributed by atoms with Gasteiger partial charge in [-0.2, -0.15) is 5.10 Å². The van der Waals surface area contributed by atoms with Gasteiger partial charge in [0.2, 0.25) is 0 Å². The molecule has 7 heteroatoms. The number of anilines is 1. The third kappa shape index (κ3) is 5.72. The number of nitrogens with one attached hydrogen (secondary N) is 2. The zero-order valence-electron chi connectivity index (χ0n) is 13.7. The first-order valence-corrected chi connectivity index (χ1v) is 7.72. The standard InChI is InChI=1S/C18H18FN3O3/c1-2-11-25-16-6-4-3-5-13(16)12-20-22-18(24)17(23)21-15-9-7-14(19)8-10-15/h3-10,12H,2,11H2,1H3,(H,21,23)(H,22,24)/b20-12-. The van der Waals surface area contributed by atoms with E-state index in [1.807, 2.05) is 19.1 Å². The van der Waals surface area contributed by atoms with Crippen LogP contribution in [0.5, 0.6) is 5.75 Å². The Hall–Kier alpha value is -3.22. The Morgan fingerprint density at radius 1 is 1.12 bits per heavy atom. The number of nitrogens with zero attached hydrogens (tertiary/aromatic N) is 1. The summed E-state index contributed by atoms with van der Waals surface area (Å²) in [5, 5.41) is 6.10. The molecule has 0 aromatic heterocycles. The minimum atomic E-state index is -0.937. The molecule has 0 spiro atoms. The number of benzene rings is 2. The molecule has 2 aromatic rings. The molecule has 2 aromatic carbocycles. The molecule has 0 aliphatic carbocycles. The molecule has 0 saturated heterocycles. The minimum Gasteiger partial charge on any atom is -0.493 e. The zero-order valence-corrected chi connectivity index (χ0v) is 13.7. The van der Waals surface area contributed by atoms with Gasteiger partial charge in [-0.05, 0) is 42.8 Å². The van der Waals surface area contributed by atoms with Crippen molar-refractivity contribution < 1.29 is 18.7 Å². The van der Waals surface area contributed by atoms with Crippen LogP contribution in [0.3, 0.4) is 0 Å². The maximum absolute atomic E-state index is 12.8. The Kier molecular flexibility index (Phi) is 6.65. The van der Waals surface area contributed by atoms with Crippen LogP contribution in [0.15, 0.2) is 53.6 Å². The molecule has 0 aliphatic heterocycles. The van der Waals surface area contributed by atoms with E-state index in [-0.39, 0.29) is 0 Å². The fourth-order valence-corrected chi connectivity index (χ4v) is 1.86. The molecule has 130 valence electrons. The van der Waals surface area contributed by atoms with E-state index < -0.39 is 17.6 Å². The molecular formula is C18H18FN3O3. The fraction of sp³-hybridized carbons (Fsp3) is 0.167. The quantitative estimate of drug-likeness (QED) is 0.481. The van der Waals surface area contributed by atoms with Gasteiger partial charge in [0.05, 0.1) is 12.8 Å². The lowest BCUT2D eigenvalue weighted by molar-refractivity contribution is -0.136. The average molecular weight is 343 g/mol. The number of hydrogen-bond donors (Lipinski definition) is 2. The Morgan fingerprint density at radius 3 is 2.56 bits per heavy atom. The maximum Gasteiger partial charge on any atom is 0.329 e. The predicted molar refractivity (Wildman–Crippen MR) is 93.0 cm³/mol. The van der Waals surface area contributed by atoms with Crippen molar-refractivity contribution in [2.24, 2.45) is 5.10 Å². The van der Waals surface area contributed by atoms with Crippen LogP contribution in [0, 0.1) is 5.82 Å². The van der Waals surface area contributed by atoms with Gasteiger partial charge < -0.3 is 10.1 Å². The molecule has 2 amide bonds. The minimum absolute atomic E-state index is 0.309. The van der Waals surface area contributed by atoms with Crippen molar-refractivity contribution in [2.75, 3.05) is 11.9 Å². The number of para-hydroxylation sites is 1. The van der Waals surface area contributed by atoms with E-state index >= 15 is 0 Å². The van der Waals surface area contributed by atoms with Crippen LogP contribution in [-0.2, 0) is 9.59 Å². The highest BCUT2D eigenvalue weighted by atomic mass is 19.1. The van der Waals surface area contributed by atoms with Gasteiger partial charge >= 0.3 is 11.8 Å². The summed E-state index contributed by atoms with van der Waals surface area (Å²) in [6, 6.07) is 12.3. The molecule has 0 unspecified atom stereocenters. The lowest BCUT2D eigenvalue weighted by atomic mass is 10.2. The van der Waals surface area contributed by atoms with Crippen LogP contribution < -0.4 is 15.5 Å². The van der Waals surface area contributed by atoms with E-state index in [0.29, 0.717) is 23.6 Å². The van der Waals surface area contributed by atoms with Crippen molar-refractivity contribution in [2.45, 2.75) is 13.3 Å². The zero-order chi connectivity index (χ0) is 18.1. The predicted octanol–water partition coefficient (Wildman–Crippen LogP) is 2.70. The highest BCUT2D eigenvalue weighted by Crippen LogP contribution is 2.15. The Bertz CT molecular complexity index is 760. The number of ether oxygens (including phenoxy) is 1. The summed E-state index contributed by atoms with van der Waals surface area (Å²) in [7, 11) is 0. The number of halogens is 1. The average Bonchev–Trinajstić information content (AvgIpc) is 2.62. The molecule has 0 bridgehead atoms. The van der Waals surface area contributed by atoms with Gasteiger partial charge in [0, 0.05) is 11.3 Å². The van der Waals surface area contributed by atoms with E-state index in [2.05, 4.69) is 15.8 Å². The van der Waals surface area contributed by atoms with Crippen molar-refractivity contribution in [3.05, 3.63) is 59.9 Å². The SMILES string of the molecule is CCCOc1ccccc1/C=N\NC(=O)C(=O)Nc1ccc(F)cc1. The van der Waals surface area contributed by atoms with Crippen molar-refractivity contribution in [1.29, 1.82) is 0 Å². The molecule has 0 fully saturated rings. The Morgan fingerprint density at radius 2 is 1.84 bits per heavy atom. The van der Waals surface area contributed by atoms with Crippen molar-refractivity contribution in [1.82, 2.24) is 5.43 Å². The summed E-state index contributed by atoms with van der Waals surface area (Å²) >= 11 is 0. The largest absolute Gasteiger partial charge is 0.493 e. The van der Waals surface area contributed by atoms with Crippen molar-refractivity contribution in [3.63, 3.8) is 0 Å². The maximum atomic E-state index is 12.8. The smallest absolute Gasteiger partial charge is 0.329 e. The second-order valence-corrected chi connectivity index (χ2v) is 5.05. The lowest BCUT2D eigenvalue weighted by Crippen LogP contribution is -2.32. The fourth-order valence-electron chi connectivity index (χ4n) is 1.86. The first kappa shape index (κ1) is 18.1. The molecule has 0 saturated carbocycles. The lowest BCUT2D eigenvalue weighted by Gasteiger charge is -2.07. The van der Waals surface area contributed by atoms with Gasteiger partial charge in [0.1, 0.15) is 11.6 Å². The first-order chi connectivity index (χ1) is 12.1. The summed E-state index contributed by atoms with van der Waals surface area (Å²) in [4.78, 5) is 23.5. The highest BCUT2D eigenvalue weighted by Gasteiger charge is 2.12. The molecule has 25 heavy (non-hydrogen) atoms. The number of amides is 2. The second-order valence-electron chi connectivity index (χ2n) is 5.05. The molecule has 2 rings (SSSR count). The summed E-state index contributed by atoms with van der Waals surface area (Å²) in [5.74, 6) is -1.64. The van der Waals surface area contributed by atoms with Gasteiger partial charge in [-0.1, -0.05) is 19.1 Å². The number of hydrogen-bond acceptors (Lipinski definition) is 4. The van der Waals surface area contributed by atoms with Crippen LogP contribution in [-0.4, -0.2) is 24.6 Å². The van der Waals surface area contributed by atoms with Gasteiger partial charge in [0.25, 0.3) is 0 Å². The van der Waals surface area contributed by atoms with Gasteiger partial charge in [-0.3, -0.25) is 9.59 Å². The summed E-state index contributed by atoms with van der Waals surface area (Å²) in [5.41, 5.74) is 3.12. The third-order valence-electron chi connectivity index (χ3n) is 3.06. The van der Waals surface area contributed by atoms with Gasteiger partial charge in [-0.25, -0.2) is 9.82 Å². The summed E-state index contributed by atoms with van der Waals surface area (Å²) in [6.45, 7) is 2.56. The van der Waals surface area contributed by atoms with Crippen molar-refractivity contribution >= 4 is 23.7 Å². The number of carbonyl (C=O) groups is 2. The van der Waals surface area contributed by atoms with E-state index in [4.69, 9.17) is 4.74 Å².